The van der Waals surface area contributed by atoms with Crippen LogP contribution in [0.5, 0.6) is 0 Å². The molecule has 3 heteroatoms. The molecule has 0 amide bonds. The molecule has 0 bridgehead atoms. The number of rotatable bonds is 3. The van der Waals surface area contributed by atoms with Crippen LogP contribution in [0, 0.1) is 11.3 Å². The van der Waals surface area contributed by atoms with Crippen LogP contribution in [0.2, 0.25) is 0 Å². The van der Waals surface area contributed by atoms with E-state index in [0.29, 0.717) is 12.5 Å². The van der Waals surface area contributed by atoms with E-state index in [9.17, 15) is 9.90 Å². The van der Waals surface area contributed by atoms with E-state index in [4.69, 9.17) is 4.74 Å². The lowest BCUT2D eigenvalue weighted by Gasteiger charge is -2.34. The van der Waals surface area contributed by atoms with Crippen molar-refractivity contribution in [3.05, 3.63) is 0 Å². The lowest BCUT2D eigenvalue weighted by molar-refractivity contribution is -0.159. The van der Waals surface area contributed by atoms with Crippen molar-refractivity contribution in [2.45, 2.75) is 44.9 Å². The van der Waals surface area contributed by atoms with Crippen molar-refractivity contribution in [3.63, 3.8) is 0 Å². The maximum Gasteiger partial charge on any atom is 0.311 e. The molecule has 1 aliphatic heterocycles. The second kappa shape index (κ2) is 4.52. The number of hydrogen-bond donors (Lipinski definition) is 1. The lowest BCUT2D eigenvalue weighted by atomic mass is 9.75. The molecule has 2 fully saturated rings. The smallest absolute Gasteiger partial charge is 0.311 e. The molecule has 1 aliphatic carbocycles. The molecular weight excluding hydrogens is 192 g/mol. The summed E-state index contributed by atoms with van der Waals surface area (Å²) in [6.45, 7) is 1.17. The van der Waals surface area contributed by atoms with Gasteiger partial charge in [-0.05, 0) is 25.2 Å². The number of carbonyl (C=O) groups is 1. The summed E-state index contributed by atoms with van der Waals surface area (Å²) >= 11 is 0. The summed E-state index contributed by atoms with van der Waals surface area (Å²) in [4.78, 5) is 11.4. The molecule has 1 heterocycles. The second-order valence-corrected chi connectivity index (χ2v) is 5.10. The molecule has 15 heavy (non-hydrogen) atoms. The van der Waals surface area contributed by atoms with Gasteiger partial charge in [-0.3, -0.25) is 4.79 Å². The molecule has 0 spiro atoms. The Labute approximate surface area is 90.8 Å². The van der Waals surface area contributed by atoms with Gasteiger partial charge in [0.1, 0.15) is 0 Å². The van der Waals surface area contributed by atoms with Gasteiger partial charge in [-0.2, -0.15) is 0 Å². The van der Waals surface area contributed by atoms with Crippen LogP contribution in [-0.4, -0.2) is 24.3 Å². The van der Waals surface area contributed by atoms with Crippen molar-refractivity contribution in [1.29, 1.82) is 0 Å². The fraction of sp³-hybridized carbons (Fsp3) is 0.917. The first-order valence-corrected chi connectivity index (χ1v) is 6.04. The Morgan fingerprint density at radius 3 is 2.60 bits per heavy atom. The predicted octanol–water partition coefficient (Wildman–Crippen LogP) is 2.45. The van der Waals surface area contributed by atoms with Crippen molar-refractivity contribution >= 4 is 5.97 Å². The largest absolute Gasteiger partial charge is 0.481 e. The third-order valence-electron chi connectivity index (χ3n) is 3.93. The van der Waals surface area contributed by atoms with E-state index < -0.39 is 11.4 Å². The minimum atomic E-state index is -0.644. The Hall–Kier alpha value is -0.570. The van der Waals surface area contributed by atoms with E-state index >= 15 is 0 Å². The van der Waals surface area contributed by atoms with Gasteiger partial charge in [0.15, 0.2) is 0 Å². The summed E-state index contributed by atoms with van der Waals surface area (Å²) in [5.74, 6) is -0.0168. The summed E-state index contributed by atoms with van der Waals surface area (Å²) in [5, 5.41) is 9.37. The van der Waals surface area contributed by atoms with Gasteiger partial charge in [-0.1, -0.05) is 25.7 Å². The molecule has 0 radical (unpaired) electrons. The lowest BCUT2D eigenvalue weighted by Crippen LogP contribution is -2.40. The molecule has 1 saturated heterocycles. The maximum absolute atomic E-state index is 11.4. The normalized spacial score (nSPS) is 33.1. The highest BCUT2D eigenvalue weighted by Gasteiger charge is 2.42. The van der Waals surface area contributed by atoms with Crippen molar-refractivity contribution in [1.82, 2.24) is 0 Å². The molecule has 2 rings (SSSR count). The van der Waals surface area contributed by atoms with Gasteiger partial charge in [-0.15, -0.1) is 0 Å². The Kier molecular flexibility index (Phi) is 3.29. The fourth-order valence-electron chi connectivity index (χ4n) is 3.04. The SMILES string of the molecule is O=C(O)C1(CC2CCCC2)CCCOC1. The summed E-state index contributed by atoms with van der Waals surface area (Å²) < 4.78 is 5.38. The van der Waals surface area contributed by atoms with Crippen molar-refractivity contribution in [3.8, 4) is 0 Å². The zero-order chi connectivity index (χ0) is 10.7. The Bertz CT molecular complexity index is 225. The number of hydrogen-bond acceptors (Lipinski definition) is 2. The van der Waals surface area contributed by atoms with Crippen molar-refractivity contribution in [2.24, 2.45) is 11.3 Å². The van der Waals surface area contributed by atoms with E-state index in [1.807, 2.05) is 0 Å². The number of carboxylic acid groups (broad SMARTS) is 1. The average Bonchev–Trinajstić information content (AvgIpc) is 2.71. The van der Waals surface area contributed by atoms with Crippen LogP contribution in [0.1, 0.15) is 44.9 Å². The molecule has 0 aromatic heterocycles. The van der Waals surface area contributed by atoms with E-state index in [1.54, 1.807) is 0 Å². The Morgan fingerprint density at radius 1 is 1.33 bits per heavy atom. The van der Waals surface area contributed by atoms with E-state index in [-0.39, 0.29) is 0 Å². The first kappa shape index (κ1) is 10.9. The van der Waals surface area contributed by atoms with E-state index in [2.05, 4.69) is 0 Å². The minimum Gasteiger partial charge on any atom is -0.481 e. The second-order valence-electron chi connectivity index (χ2n) is 5.10. The maximum atomic E-state index is 11.4. The van der Waals surface area contributed by atoms with Crippen LogP contribution < -0.4 is 0 Å². The zero-order valence-electron chi connectivity index (χ0n) is 9.21. The third kappa shape index (κ3) is 2.33. The van der Waals surface area contributed by atoms with Gasteiger partial charge in [0.2, 0.25) is 0 Å². The first-order valence-electron chi connectivity index (χ1n) is 6.04. The van der Waals surface area contributed by atoms with Crippen LogP contribution in [0.25, 0.3) is 0 Å². The Morgan fingerprint density at radius 2 is 2.07 bits per heavy atom. The van der Waals surface area contributed by atoms with Crippen molar-refractivity contribution in [2.75, 3.05) is 13.2 Å². The van der Waals surface area contributed by atoms with Crippen molar-refractivity contribution < 1.29 is 14.6 Å². The first-order chi connectivity index (χ1) is 7.23. The topological polar surface area (TPSA) is 46.5 Å². The average molecular weight is 212 g/mol. The molecule has 2 aliphatic rings. The highest BCUT2D eigenvalue weighted by atomic mass is 16.5. The molecule has 86 valence electrons. The van der Waals surface area contributed by atoms with Crippen LogP contribution in [0.3, 0.4) is 0 Å². The minimum absolute atomic E-state index is 0.429. The molecule has 3 nitrogen and oxygen atoms in total. The van der Waals surface area contributed by atoms with Gasteiger partial charge >= 0.3 is 5.97 Å². The van der Waals surface area contributed by atoms with Gasteiger partial charge in [0.25, 0.3) is 0 Å². The van der Waals surface area contributed by atoms with E-state index in [0.717, 1.165) is 25.9 Å². The molecule has 0 aromatic rings. The van der Waals surface area contributed by atoms with Crippen LogP contribution in [-0.2, 0) is 9.53 Å². The molecular formula is C12H20O3. The summed E-state index contributed by atoms with van der Waals surface area (Å²) in [6, 6.07) is 0. The molecule has 1 N–H and O–H groups in total. The van der Waals surface area contributed by atoms with Crippen LogP contribution >= 0.6 is 0 Å². The predicted molar refractivity (Wildman–Crippen MR) is 56.7 cm³/mol. The third-order valence-corrected chi connectivity index (χ3v) is 3.93. The summed E-state index contributed by atoms with van der Waals surface area (Å²) in [6.07, 6.45) is 7.53. The quantitative estimate of drug-likeness (QED) is 0.781. The molecule has 0 aromatic carbocycles. The van der Waals surface area contributed by atoms with E-state index in [1.165, 1.54) is 25.7 Å². The van der Waals surface area contributed by atoms with Gasteiger partial charge in [-0.25, -0.2) is 0 Å². The number of ether oxygens (including phenoxy) is 1. The van der Waals surface area contributed by atoms with Gasteiger partial charge < -0.3 is 9.84 Å². The van der Waals surface area contributed by atoms with Gasteiger partial charge in [0.05, 0.1) is 12.0 Å². The number of carboxylic acids is 1. The highest BCUT2D eigenvalue weighted by molar-refractivity contribution is 5.75. The van der Waals surface area contributed by atoms with Gasteiger partial charge in [0, 0.05) is 6.61 Å². The highest BCUT2D eigenvalue weighted by Crippen LogP contribution is 2.40. The number of aliphatic carboxylic acids is 1. The summed E-state index contributed by atoms with van der Waals surface area (Å²) in [7, 11) is 0. The zero-order valence-corrected chi connectivity index (χ0v) is 9.21. The van der Waals surface area contributed by atoms with Crippen LogP contribution in [0.15, 0.2) is 0 Å². The standard InChI is InChI=1S/C12H20O3/c13-11(14)12(6-3-7-15-9-12)8-10-4-1-2-5-10/h10H,1-9H2,(H,13,14). The monoisotopic (exact) mass is 212 g/mol. The molecule has 1 unspecified atom stereocenters. The summed E-state index contributed by atoms with van der Waals surface area (Å²) in [5.41, 5.74) is -0.562. The fourth-order valence-corrected chi connectivity index (χ4v) is 3.04. The Balaban J connectivity index is 2.00. The molecule has 1 saturated carbocycles. The molecule has 1 atom stereocenters. The van der Waals surface area contributed by atoms with Crippen LogP contribution in [0.4, 0.5) is 0 Å².